The molecule has 2 amide bonds. The second-order valence-electron chi connectivity index (χ2n) is 8.46. The zero-order chi connectivity index (χ0) is 22.9. The van der Waals surface area contributed by atoms with Crippen LogP contribution in [0.25, 0.3) is 0 Å². The fourth-order valence-corrected chi connectivity index (χ4v) is 5.42. The van der Waals surface area contributed by atoms with Gasteiger partial charge in [-0.25, -0.2) is 8.42 Å². The van der Waals surface area contributed by atoms with Gasteiger partial charge < -0.3 is 15.0 Å². The smallest absolute Gasteiger partial charge is 0.265 e. The van der Waals surface area contributed by atoms with E-state index < -0.39 is 10.0 Å². The molecule has 1 fully saturated rings. The van der Waals surface area contributed by atoms with Crippen molar-refractivity contribution in [3.63, 3.8) is 0 Å². The minimum absolute atomic E-state index is 0.00187. The number of rotatable bonds is 6. The number of benzene rings is 2. The second-order valence-corrected chi connectivity index (χ2v) is 10.4. The van der Waals surface area contributed by atoms with E-state index in [2.05, 4.69) is 5.32 Å². The zero-order valence-corrected chi connectivity index (χ0v) is 19.0. The van der Waals surface area contributed by atoms with E-state index in [1.807, 2.05) is 13.8 Å². The summed E-state index contributed by atoms with van der Waals surface area (Å²) in [6.45, 7) is 5.67. The molecule has 0 saturated carbocycles. The lowest BCUT2D eigenvalue weighted by Crippen LogP contribution is -2.41. The summed E-state index contributed by atoms with van der Waals surface area (Å²) in [6.07, 6.45) is 1.73. The third kappa shape index (κ3) is 4.49. The highest BCUT2D eigenvalue weighted by molar-refractivity contribution is 7.89. The van der Waals surface area contributed by atoms with Crippen molar-refractivity contribution in [1.29, 1.82) is 0 Å². The Morgan fingerprint density at radius 3 is 2.44 bits per heavy atom. The van der Waals surface area contributed by atoms with Gasteiger partial charge in [0, 0.05) is 30.9 Å². The Bertz CT molecular complexity index is 1120. The van der Waals surface area contributed by atoms with Gasteiger partial charge in [-0.2, -0.15) is 4.31 Å². The molecule has 170 valence electrons. The number of sulfonamides is 1. The number of nitrogens with zero attached hydrogens (tertiary/aromatic N) is 2. The van der Waals surface area contributed by atoms with E-state index in [-0.39, 0.29) is 29.2 Å². The van der Waals surface area contributed by atoms with Crippen molar-refractivity contribution in [3.05, 3.63) is 48.0 Å². The van der Waals surface area contributed by atoms with Crippen LogP contribution in [-0.4, -0.2) is 50.8 Å². The predicted octanol–water partition coefficient (Wildman–Crippen LogP) is 3.10. The number of hydrogen-bond acceptors (Lipinski definition) is 5. The number of carbonyl (C=O) groups excluding carboxylic acids is 2. The van der Waals surface area contributed by atoms with Crippen molar-refractivity contribution >= 4 is 33.2 Å². The van der Waals surface area contributed by atoms with Gasteiger partial charge in [0.05, 0.1) is 10.6 Å². The summed E-state index contributed by atoms with van der Waals surface area (Å²) < 4.78 is 32.3. The molecule has 8 nitrogen and oxygen atoms in total. The molecule has 2 aromatic carbocycles. The molecule has 0 radical (unpaired) electrons. The first-order valence-electron chi connectivity index (χ1n) is 10.7. The average molecular weight is 458 g/mol. The molecule has 0 bridgehead atoms. The maximum absolute atomic E-state index is 12.7. The SMILES string of the molecule is CC(C)CN1C(=O)COc2ccc(NC(=O)c3ccc(S(=O)(=O)N4CCCC4)cc3)cc21. The van der Waals surface area contributed by atoms with E-state index >= 15 is 0 Å². The van der Waals surface area contributed by atoms with Crippen LogP contribution >= 0.6 is 0 Å². The third-order valence-corrected chi connectivity index (χ3v) is 7.44. The highest BCUT2D eigenvalue weighted by Crippen LogP contribution is 2.35. The maximum Gasteiger partial charge on any atom is 0.265 e. The Hall–Kier alpha value is -2.91. The summed E-state index contributed by atoms with van der Waals surface area (Å²) in [4.78, 5) is 26.9. The molecule has 2 aliphatic rings. The van der Waals surface area contributed by atoms with Crippen LogP contribution in [0.3, 0.4) is 0 Å². The predicted molar refractivity (Wildman–Crippen MR) is 122 cm³/mol. The molecule has 9 heteroatoms. The zero-order valence-electron chi connectivity index (χ0n) is 18.2. The Labute approximate surface area is 188 Å². The first-order valence-corrected chi connectivity index (χ1v) is 12.2. The van der Waals surface area contributed by atoms with Gasteiger partial charge in [-0.1, -0.05) is 13.8 Å². The lowest BCUT2D eigenvalue weighted by atomic mass is 10.1. The van der Waals surface area contributed by atoms with Crippen LogP contribution in [0, 0.1) is 5.92 Å². The van der Waals surface area contributed by atoms with E-state index in [1.54, 1.807) is 23.1 Å². The van der Waals surface area contributed by atoms with E-state index in [9.17, 15) is 18.0 Å². The maximum atomic E-state index is 12.7. The van der Waals surface area contributed by atoms with Gasteiger partial charge in [-0.05, 0) is 61.2 Å². The fourth-order valence-electron chi connectivity index (χ4n) is 3.90. The first kappa shape index (κ1) is 22.3. The van der Waals surface area contributed by atoms with Gasteiger partial charge in [0.1, 0.15) is 5.75 Å². The monoisotopic (exact) mass is 457 g/mol. The Kier molecular flexibility index (Phi) is 6.21. The molecule has 4 rings (SSSR count). The van der Waals surface area contributed by atoms with Crippen LogP contribution in [0.4, 0.5) is 11.4 Å². The normalized spacial score (nSPS) is 16.7. The third-order valence-electron chi connectivity index (χ3n) is 5.53. The molecular weight excluding hydrogens is 430 g/mol. The standard InChI is InChI=1S/C23H27N3O5S/c1-16(2)14-26-20-13-18(7-10-21(20)31-15-22(26)27)24-23(28)17-5-8-19(9-6-17)32(29,30)25-11-3-4-12-25/h5-10,13,16H,3-4,11-12,14-15H2,1-2H3,(H,24,28). The van der Waals surface area contributed by atoms with Crippen LogP contribution in [0.1, 0.15) is 37.0 Å². The lowest BCUT2D eigenvalue weighted by Gasteiger charge is -2.31. The second kappa shape index (κ2) is 8.91. The van der Waals surface area contributed by atoms with Crippen LogP contribution < -0.4 is 15.0 Å². The molecule has 0 unspecified atom stereocenters. The van der Waals surface area contributed by atoms with E-state index in [0.29, 0.717) is 42.3 Å². The van der Waals surface area contributed by atoms with Gasteiger partial charge >= 0.3 is 0 Å². The largest absolute Gasteiger partial charge is 0.482 e. The molecule has 1 saturated heterocycles. The summed E-state index contributed by atoms with van der Waals surface area (Å²) in [5, 5.41) is 2.82. The number of ether oxygens (including phenoxy) is 1. The summed E-state index contributed by atoms with van der Waals surface area (Å²) >= 11 is 0. The summed E-state index contributed by atoms with van der Waals surface area (Å²) in [7, 11) is -3.52. The Morgan fingerprint density at radius 2 is 1.78 bits per heavy atom. The van der Waals surface area contributed by atoms with E-state index in [1.165, 1.54) is 28.6 Å². The molecule has 32 heavy (non-hydrogen) atoms. The number of hydrogen-bond donors (Lipinski definition) is 1. The molecule has 0 aromatic heterocycles. The number of carbonyl (C=O) groups is 2. The van der Waals surface area contributed by atoms with E-state index in [0.717, 1.165) is 12.8 Å². The van der Waals surface area contributed by atoms with Gasteiger partial charge in [0.25, 0.3) is 11.8 Å². The van der Waals surface area contributed by atoms with Crippen LogP contribution in [0.2, 0.25) is 0 Å². The first-order chi connectivity index (χ1) is 15.3. The van der Waals surface area contributed by atoms with Gasteiger partial charge in [0.15, 0.2) is 6.61 Å². The highest BCUT2D eigenvalue weighted by Gasteiger charge is 2.28. The van der Waals surface area contributed by atoms with Crippen molar-refractivity contribution in [3.8, 4) is 5.75 Å². The summed E-state index contributed by atoms with van der Waals surface area (Å²) in [5.74, 6) is 0.385. The van der Waals surface area contributed by atoms with Crippen molar-refractivity contribution in [2.24, 2.45) is 5.92 Å². The quantitative estimate of drug-likeness (QED) is 0.719. The molecular formula is C23H27N3O5S. The summed E-state index contributed by atoms with van der Waals surface area (Å²) in [6, 6.07) is 11.1. The number of amides is 2. The number of fused-ring (bicyclic) bond motifs is 1. The Balaban J connectivity index is 1.51. The molecule has 0 spiro atoms. The minimum atomic E-state index is -3.52. The minimum Gasteiger partial charge on any atom is -0.482 e. The van der Waals surface area contributed by atoms with Crippen molar-refractivity contribution in [2.45, 2.75) is 31.6 Å². The topological polar surface area (TPSA) is 96.0 Å². The van der Waals surface area contributed by atoms with Gasteiger partial charge in [-0.15, -0.1) is 0 Å². The van der Waals surface area contributed by atoms with E-state index in [4.69, 9.17) is 4.74 Å². The molecule has 0 aliphatic carbocycles. The average Bonchev–Trinajstić information content (AvgIpc) is 3.32. The molecule has 0 atom stereocenters. The molecule has 2 heterocycles. The van der Waals surface area contributed by atoms with Crippen LogP contribution in [0.15, 0.2) is 47.4 Å². The highest BCUT2D eigenvalue weighted by atomic mass is 32.2. The van der Waals surface area contributed by atoms with Crippen molar-refractivity contribution in [1.82, 2.24) is 4.31 Å². The van der Waals surface area contributed by atoms with Gasteiger partial charge in [0.2, 0.25) is 10.0 Å². The fraction of sp³-hybridized carbons (Fsp3) is 0.391. The Morgan fingerprint density at radius 1 is 1.09 bits per heavy atom. The lowest BCUT2D eigenvalue weighted by molar-refractivity contribution is -0.121. The van der Waals surface area contributed by atoms with Crippen LogP contribution in [-0.2, 0) is 14.8 Å². The number of nitrogens with one attached hydrogen (secondary N) is 1. The van der Waals surface area contributed by atoms with Crippen molar-refractivity contribution < 1.29 is 22.7 Å². The van der Waals surface area contributed by atoms with Crippen molar-refractivity contribution in [2.75, 3.05) is 36.5 Å². The van der Waals surface area contributed by atoms with Gasteiger partial charge in [-0.3, -0.25) is 9.59 Å². The molecule has 2 aliphatic heterocycles. The number of anilines is 2. The molecule has 1 N–H and O–H groups in total. The van der Waals surface area contributed by atoms with Crippen LogP contribution in [0.5, 0.6) is 5.75 Å². The summed E-state index contributed by atoms with van der Waals surface area (Å²) in [5.41, 5.74) is 1.49. The molecule has 2 aromatic rings.